The summed E-state index contributed by atoms with van der Waals surface area (Å²) >= 11 is 0. The Hall–Kier alpha value is -1.59. The number of hydrogen-bond donors (Lipinski definition) is 2. The molecule has 3 rings (SSSR count). The lowest BCUT2D eigenvalue weighted by Gasteiger charge is -2.27. The number of ether oxygens (including phenoxy) is 1. The zero-order chi connectivity index (χ0) is 14.7. The molecular weight excluding hydrogens is 268 g/mol. The first kappa shape index (κ1) is 14.4. The number of hydrogen-bond acceptors (Lipinski definition) is 4. The number of nitrogens with zero attached hydrogens (tertiary/aromatic N) is 1. The Morgan fingerprint density at radius 2 is 2.19 bits per heavy atom. The topological polar surface area (TPSA) is 61.8 Å². The SMILES string of the molecule is O=C1C[C@H]2CC[C@@H](CN1)N2Cc1cccc(OCCO)c1. The summed E-state index contributed by atoms with van der Waals surface area (Å²) in [6, 6.07) is 8.80. The van der Waals surface area contributed by atoms with Gasteiger partial charge < -0.3 is 15.2 Å². The van der Waals surface area contributed by atoms with Gasteiger partial charge in [-0.25, -0.2) is 0 Å². The van der Waals surface area contributed by atoms with Crippen molar-refractivity contribution in [1.29, 1.82) is 0 Å². The minimum atomic E-state index is 0.0221. The lowest BCUT2D eigenvalue weighted by molar-refractivity contribution is -0.121. The lowest BCUT2D eigenvalue weighted by Crippen LogP contribution is -2.37. The van der Waals surface area contributed by atoms with Crippen molar-refractivity contribution >= 4 is 5.91 Å². The van der Waals surface area contributed by atoms with Crippen LogP contribution in [0.4, 0.5) is 0 Å². The highest BCUT2D eigenvalue weighted by Crippen LogP contribution is 2.30. The van der Waals surface area contributed by atoms with Crippen molar-refractivity contribution in [3.8, 4) is 5.75 Å². The van der Waals surface area contributed by atoms with Crippen LogP contribution in [0.15, 0.2) is 24.3 Å². The fourth-order valence-electron chi connectivity index (χ4n) is 3.34. The number of benzene rings is 1. The van der Waals surface area contributed by atoms with Gasteiger partial charge in [-0.1, -0.05) is 12.1 Å². The summed E-state index contributed by atoms with van der Waals surface area (Å²) < 4.78 is 5.46. The Kier molecular flexibility index (Phi) is 4.41. The molecule has 0 saturated carbocycles. The molecule has 5 heteroatoms. The highest BCUT2D eigenvalue weighted by molar-refractivity contribution is 5.77. The van der Waals surface area contributed by atoms with Gasteiger partial charge in [0.1, 0.15) is 12.4 Å². The number of aliphatic hydroxyl groups excluding tert-OH is 1. The molecule has 0 unspecified atom stereocenters. The second kappa shape index (κ2) is 6.45. The Morgan fingerprint density at radius 1 is 1.33 bits per heavy atom. The van der Waals surface area contributed by atoms with Crippen molar-refractivity contribution in [3.05, 3.63) is 29.8 Å². The molecular formula is C16H22N2O3. The normalized spacial score (nSPS) is 25.5. The van der Waals surface area contributed by atoms with Gasteiger partial charge in [0, 0.05) is 31.6 Å². The smallest absolute Gasteiger partial charge is 0.221 e. The number of aliphatic hydroxyl groups is 1. The van der Waals surface area contributed by atoms with E-state index in [9.17, 15) is 4.79 Å². The largest absolute Gasteiger partial charge is 0.491 e. The predicted molar refractivity (Wildman–Crippen MR) is 79.0 cm³/mol. The number of carbonyl (C=O) groups is 1. The van der Waals surface area contributed by atoms with Crippen LogP contribution in [-0.4, -0.2) is 47.8 Å². The van der Waals surface area contributed by atoms with Crippen LogP contribution in [-0.2, 0) is 11.3 Å². The van der Waals surface area contributed by atoms with E-state index < -0.39 is 0 Å². The van der Waals surface area contributed by atoms with E-state index in [4.69, 9.17) is 9.84 Å². The summed E-state index contributed by atoms with van der Waals surface area (Å²) in [5.41, 5.74) is 1.19. The van der Waals surface area contributed by atoms with E-state index in [0.29, 0.717) is 25.1 Å². The molecule has 0 spiro atoms. The van der Waals surface area contributed by atoms with Gasteiger partial charge in [0.05, 0.1) is 6.61 Å². The third-order valence-corrected chi connectivity index (χ3v) is 4.35. The van der Waals surface area contributed by atoms with E-state index in [1.807, 2.05) is 18.2 Å². The molecule has 1 aromatic carbocycles. The van der Waals surface area contributed by atoms with Crippen molar-refractivity contribution in [3.63, 3.8) is 0 Å². The average Bonchev–Trinajstić information content (AvgIpc) is 2.77. The standard InChI is InChI=1S/C16H22N2O3/c19-6-7-21-15-3-1-2-12(8-15)11-18-13-4-5-14(18)10-17-16(20)9-13/h1-3,8,13-14,19H,4-7,9-11H2,(H,17,20)/t13-,14+/m1/s1. The Balaban J connectivity index is 1.69. The molecule has 2 aliphatic heterocycles. The summed E-state index contributed by atoms with van der Waals surface area (Å²) in [6.45, 7) is 1.95. The summed E-state index contributed by atoms with van der Waals surface area (Å²) in [5, 5.41) is 11.8. The van der Waals surface area contributed by atoms with Gasteiger partial charge in [-0.05, 0) is 30.5 Å². The fourth-order valence-corrected chi connectivity index (χ4v) is 3.34. The van der Waals surface area contributed by atoms with Crippen molar-refractivity contribution in [2.45, 2.75) is 37.9 Å². The minimum absolute atomic E-state index is 0.0221. The van der Waals surface area contributed by atoms with Crippen LogP contribution in [0.5, 0.6) is 5.75 Å². The number of amides is 1. The van der Waals surface area contributed by atoms with Crippen LogP contribution >= 0.6 is 0 Å². The maximum atomic E-state index is 11.7. The van der Waals surface area contributed by atoms with Crippen LogP contribution in [0.25, 0.3) is 0 Å². The number of carbonyl (C=O) groups excluding carboxylic acids is 1. The molecule has 1 amide bonds. The van der Waals surface area contributed by atoms with Gasteiger partial charge in [-0.15, -0.1) is 0 Å². The molecule has 0 radical (unpaired) electrons. The minimum Gasteiger partial charge on any atom is -0.491 e. The summed E-state index contributed by atoms with van der Waals surface area (Å²) in [4.78, 5) is 14.1. The van der Waals surface area contributed by atoms with Crippen LogP contribution in [0.3, 0.4) is 0 Å². The van der Waals surface area contributed by atoms with Crippen molar-refractivity contribution in [1.82, 2.24) is 10.2 Å². The third-order valence-electron chi connectivity index (χ3n) is 4.35. The van der Waals surface area contributed by atoms with E-state index in [2.05, 4.69) is 16.3 Å². The van der Waals surface area contributed by atoms with E-state index in [1.165, 1.54) is 5.56 Å². The molecule has 2 fully saturated rings. The maximum absolute atomic E-state index is 11.7. The lowest BCUT2D eigenvalue weighted by atomic mass is 10.1. The monoisotopic (exact) mass is 290 g/mol. The van der Waals surface area contributed by atoms with Crippen LogP contribution in [0, 0.1) is 0 Å². The Labute approximate surface area is 124 Å². The van der Waals surface area contributed by atoms with Crippen LogP contribution in [0.2, 0.25) is 0 Å². The summed E-state index contributed by atoms with van der Waals surface area (Å²) in [6.07, 6.45) is 2.88. The van der Waals surface area contributed by atoms with E-state index in [0.717, 1.165) is 31.7 Å². The van der Waals surface area contributed by atoms with Crippen LogP contribution in [0.1, 0.15) is 24.8 Å². The first-order chi connectivity index (χ1) is 10.3. The molecule has 2 bridgehead atoms. The first-order valence-corrected chi connectivity index (χ1v) is 7.61. The molecule has 1 aromatic rings. The molecule has 2 aliphatic rings. The van der Waals surface area contributed by atoms with Gasteiger partial charge >= 0.3 is 0 Å². The predicted octanol–water partition coefficient (Wildman–Crippen LogP) is 0.911. The van der Waals surface area contributed by atoms with Gasteiger partial charge in [0.25, 0.3) is 0 Å². The zero-order valence-electron chi connectivity index (χ0n) is 12.1. The van der Waals surface area contributed by atoms with E-state index in [-0.39, 0.29) is 12.5 Å². The van der Waals surface area contributed by atoms with Crippen LogP contribution < -0.4 is 10.1 Å². The second-order valence-electron chi connectivity index (χ2n) is 5.79. The van der Waals surface area contributed by atoms with E-state index >= 15 is 0 Å². The molecule has 2 N–H and O–H groups in total. The number of nitrogens with one attached hydrogen (secondary N) is 1. The maximum Gasteiger partial charge on any atom is 0.221 e. The fraction of sp³-hybridized carbons (Fsp3) is 0.562. The molecule has 5 nitrogen and oxygen atoms in total. The molecule has 2 saturated heterocycles. The van der Waals surface area contributed by atoms with Crippen molar-refractivity contribution < 1.29 is 14.6 Å². The molecule has 0 aromatic heterocycles. The molecule has 2 heterocycles. The second-order valence-corrected chi connectivity index (χ2v) is 5.79. The molecule has 21 heavy (non-hydrogen) atoms. The Bertz CT molecular complexity index is 506. The molecule has 114 valence electrons. The highest BCUT2D eigenvalue weighted by Gasteiger charge is 2.37. The summed E-state index contributed by atoms with van der Waals surface area (Å²) in [7, 11) is 0. The molecule has 0 aliphatic carbocycles. The number of fused-ring (bicyclic) bond motifs is 2. The average molecular weight is 290 g/mol. The third kappa shape index (κ3) is 3.36. The van der Waals surface area contributed by atoms with Gasteiger partial charge in [0.15, 0.2) is 0 Å². The Morgan fingerprint density at radius 3 is 3.05 bits per heavy atom. The van der Waals surface area contributed by atoms with Gasteiger partial charge in [0.2, 0.25) is 5.91 Å². The quantitative estimate of drug-likeness (QED) is 0.846. The van der Waals surface area contributed by atoms with Crippen molar-refractivity contribution in [2.75, 3.05) is 19.8 Å². The van der Waals surface area contributed by atoms with Crippen molar-refractivity contribution in [2.24, 2.45) is 0 Å². The van der Waals surface area contributed by atoms with Gasteiger partial charge in [-0.3, -0.25) is 9.69 Å². The number of rotatable bonds is 5. The first-order valence-electron chi connectivity index (χ1n) is 7.61. The van der Waals surface area contributed by atoms with Gasteiger partial charge in [-0.2, -0.15) is 0 Å². The summed E-state index contributed by atoms with van der Waals surface area (Å²) in [5.74, 6) is 0.963. The highest BCUT2D eigenvalue weighted by atomic mass is 16.5. The molecule has 2 atom stereocenters. The zero-order valence-corrected chi connectivity index (χ0v) is 12.1. The van der Waals surface area contributed by atoms with E-state index in [1.54, 1.807) is 0 Å².